The van der Waals surface area contributed by atoms with Crippen LogP contribution in [0.5, 0.6) is 0 Å². The minimum Gasteiger partial charge on any atom is -0.314 e. The topological polar surface area (TPSA) is 39.0 Å². The number of nitrogens with zero attached hydrogens (tertiary/aromatic N) is 2. The number of rotatable bonds is 5. The number of aryl methyl sites for hydroxylation is 2. The Morgan fingerprint density at radius 1 is 1.41 bits per heavy atom. The molecule has 0 aromatic carbocycles. The molecule has 17 heavy (non-hydrogen) atoms. The van der Waals surface area contributed by atoms with Gasteiger partial charge < -0.3 is 9.88 Å². The Morgan fingerprint density at radius 3 is 2.88 bits per heavy atom. The first kappa shape index (κ1) is 12.4. The van der Waals surface area contributed by atoms with Crippen LogP contribution in [0.25, 0.3) is 0 Å². The van der Waals surface area contributed by atoms with Gasteiger partial charge in [-0.2, -0.15) is 0 Å². The second-order valence-electron chi connectivity index (χ2n) is 5.03. The highest BCUT2D eigenvalue weighted by Gasteiger charge is 2.25. The van der Waals surface area contributed by atoms with E-state index in [1.54, 1.807) is 11.6 Å². The summed E-state index contributed by atoms with van der Waals surface area (Å²) in [5, 5.41) is 3.56. The molecule has 2 unspecified atom stereocenters. The lowest BCUT2D eigenvalue weighted by molar-refractivity contribution is 0.364. The van der Waals surface area contributed by atoms with Crippen molar-refractivity contribution in [2.75, 3.05) is 6.54 Å². The second kappa shape index (κ2) is 5.54. The van der Waals surface area contributed by atoms with Gasteiger partial charge in [-0.05, 0) is 31.7 Å². The van der Waals surface area contributed by atoms with Crippen molar-refractivity contribution >= 4 is 0 Å². The molecule has 1 aliphatic rings. The zero-order chi connectivity index (χ0) is 12.3. The van der Waals surface area contributed by atoms with E-state index >= 15 is 0 Å². The molecule has 0 spiro atoms. The summed E-state index contributed by atoms with van der Waals surface area (Å²) >= 11 is 0. The smallest absolute Gasteiger partial charge is 0.314 e. The van der Waals surface area contributed by atoms with E-state index in [1.807, 2.05) is 17.0 Å². The summed E-state index contributed by atoms with van der Waals surface area (Å²) in [4.78, 5) is 11.7. The predicted octanol–water partition coefficient (Wildman–Crippen LogP) is 1.36. The first-order chi connectivity index (χ1) is 8.22. The molecule has 2 atom stereocenters. The SMILES string of the molecule is CCNC1CCCC1CCn1ccn(C)c1=O. The lowest BCUT2D eigenvalue weighted by Gasteiger charge is -2.20. The maximum atomic E-state index is 11.7. The summed E-state index contributed by atoms with van der Waals surface area (Å²) in [5.74, 6) is 0.738. The first-order valence-electron chi connectivity index (χ1n) is 6.67. The molecule has 1 fully saturated rings. The molecule has 1 heterocycles. The van der Waals surface area contributed by atoms with Gasteiger partial charge in [0.2, 0.25) is 0 Å². The predicted molar refractivity (Wildman–Crippen MR) is 69.1 cm³/mol. The molecule has 0 saturated heterocycles. The minimum absolute atomic E-state index is 0.1000. The Kier molecular flexibility index (Phi) is 4.05. The van der Waals surface area contributed by atoms with Crippen molar-refractivity contribution in [3.8, 4) is 0 Å². The van der Waals surface area contributed by atoms with E-state index in [2.05, 4.69) is 12.2 Å². The van der Waals surface area contributed by atoms with Crippen molar-refractivity contribution in [1.29, 1.82) is 0 Å². The molecule has 4 heteroatoms. The van der Waals surface area contributed by atoms with E-state index in [9.17, 15) is 4.79 Å². The Hall–Kier alpha value is -1.03. The average molecular weight is 237 g/mol. The molecule has 1 aromatic rings. The molecular weight excluding hydrogens is 214 g/mol. The quantitative estimate of drug-likeness (QED) is 0.839. The monoisotopic (exact) mass is 237 g/mol. The highest BCUT2D eigenvalue weighted by molar-refractivity contribution is 4.85. The molecule has 2 rings (SSSR count). The third kappa shape index (κ3) is 2.80. The maximum absolute atomic E-state index is 11.7. The number of imidazole rings is 1. The Labute approximate surface area is 103 Å². The van der Waals surface area contributed by atoms with Crippen LogP contribution in [0, 0.1) is 5.92 Å². The molecule has 96 valence electrons. The van der Waals surface area contributed by atoms with Gasteiger partial charge in [-0.25, -0.2) is 4.79 Å². The molecule has 0 aliphatic heterocycles. The van der Waals surface area contributed by atoms with Crippen LogP contribution in [-0.2, 0) is 13.6 Å². The van der Waals surface area contributed by atoms with Crippen molar-refractivity contribution in [1.82, 2.24) is 14.5 Å². The summed E-state index contributed by atoms with van der Waals surface area (Å²) in [6, 6.07) is 0.666. The highest BCUT2D eigenvalue weighted by Crippen LogP contribution is 2.28. The summed E-state index contributed by atoms with van der Waals surface area (Å²) in [6.45, 7) is 4.07. The fourth-order valence-electron chi connectivity index (χ4n) is 2.90. The fraction of sp³-hybridized carbons (Fsp3) is 0.769. The van der Waals surface area contributed by atoms with Crippen molar-refractivity contribution in [3.63, 3.8) is 0 Å². The van der Waals surface area contributed by atoms with Gasteiger partial charge in [0.1, 0.15) is 0 Å². The van der Waals surface area contributed by atoms with E-state index in [0.29, 0.717) is 6.04 Å². The lowest BCUT2D eigenvalue weighted by Crippen LogP contribution is -2.33. The Morgan fingerprint density at radius 2 is 2.24 bits per heavy atom. The molecule has 0 bridgehead atoms. The molecule has 0 radical (unpaired) electrons. The Balaban J connectivity index is 1.89. The largest absolute Gasteiger partial charge is 0.327 e. The average Bonchev–Trinajstić information content (AvgIpc) is 2.87. The molecular formula is C13H23N3O. The molecule has 1 saturated carbocycles. The van der Waals surface area contributed by atoms with Crippen LogP contribution in [-0.4, -0.2) is 21.7 Å². The summed E-state index contributed by atoms with van der Waals surface area (Å²) < 4.78 is 3.46. The van der Waals surface area contributed by atoms with Gasteiger partial charge in [0.05, 0.1) is 0 Å². The van der Waals surface area contributed by atoms with Crippen LogP contribution in [0.4, 0.5) is 0 Å². The van der Waals surface area contributed by atoms with Gasteiger partial charge in [0.25, 0.3) is 0 Å². The number of nitrogens with one attached hydrogen (secondary N) is 1. The zero-order valence-electron chi connectivity index (χ0n) is 10.9. The number of hydrogen-bond acceptors (Lipinski definition) is 2. The first-order valence-corrected chi connectivity index (χ1v) is 6.67. The van der Waals surface area contributed by atoms with Gasteiger partial charge >= 0.3 is 5.69 Å². The zero-order valence-corrected chi connectivity index (χ0v) is 10.9. The molecule has 1 aliphatic carbocycles. The van der Waals surface area contributed by atoms with Crippen LogP contribution < -0.4 is 11.0 Å². The molecule has 1 N–H and O–H groups in total. The fourth-order valence-corrected chi connectivity index (χ4v) is 2.90. The van der Waals surface area contributed by atoms with Crippen molar-refractivity contribution < 1.29 is 0 Å². The van der Waals surface area contributed by atoms with E-state index in [0.717, 1.165) is 25.4 Å². The van der Waals surface area contributed by atoms with Crippen molar-refractivity contribution in [2.45, 2.75) is 45.2 Å². The summed E-state index contributed by atoms with van der Waals surface area (Å²) in [7, 11) is 1.80. The maximum Gasteiger partial charge on any atom is 0.327 e. The molecule has 1 aromatic heterocycles. The molecule has 0 amide bonds. The van der Waals surface area contributed by atoms with Crippen molar-refractivity contribution in [3.05, 3.63) is 22.9 Å². The number of aromatic nitrogens is 2. The lowest BCUT2D eigenvalue weighted by atomic mass is 9.99. The Bertz CT molecular complexity index is 407. The van der Waals surface area contributed by atoms with Gasteiger partial charge in [0.15, 0.2) is 0 Å². The van der Waals surface area contributed by atoms with Crippen LogP contribution >= 0.6 is 0 Å². The standard InChI is InChI=1S/C13H23N3O/c1-3-14-12-6-4-5-11(12)7-8-16-10-9-15(2)13(16)17/h9-12,14H,3-8H2,1-2H3. The summed E-state index contributed by atoms with van der Waals surface area (Å²) in [5.41, 5.74) is 0.1000. The van der Waals surface area contributed by atoms with E-state index < -0.39 is 0 Å². The minimum atomic E-state index is 0.1000. The van der Waals surface area contributed by atoms with Crippen LogP contribution in [0.2, 0.25) is 0 Å². The normalized spacial score (nSPS) is 24.4. The van der Waals surface area contributed by atoms with E-state index in [1.165, 1.54) is 19.3 Å². The highest BCUT2D eigenvalue weighted by atomic mass is 16.1. The van der Waals surface area contributed by atoms with Crippen LogP contribution in [0.15, 0.2) is 17.2 Å². The van der Waals surface area contributed by atoms with Crippen molar-refractivity contribution in [2.24, 2.45) is 13.0 Å². The van der Waals surface area contributed by atoms with Crippen LogP contribution in [0.3, 0.4) is 0 Å². The summed E-state index contributed by atoms with van der Waals surface area (Å²) in [6.07, 6.45) is 8.76. The van der Waals surface area contributed by atoms with Gasteiger partial charge in [-0.3, -0.25) is 4.57 Å². The van der Waals surface area contributed by atoms with Crippen LogP contribution in [0.1, 0.15) is 32.6 Å². The third-order valence-electron chi connectivity index (χ3n) is 3.88. The van der Waals surface area contributed by atoms with Gasteiger partial charge in [-0.15, -0.1) is 0 Å². The molecule has 4 nitrogen and oxygen atoms in total. The van der Waals surface area contributed by atoms with Gasteiger partial charge in [0, 0.05) is 32.0 Å². The number of hydrogen-bond donors (Lipinski definition) is 1. The van der Waals surface area contributed by atoms with E-state index in [4.69, 9.17) is 0 Å². The van der Waals surface area contributed by atoms with Gasteiger partial charge in [-0.1, -0.05) is 13.3 Å². The van der Waals surface area contributed by atoms with E-state index in [-0.39, 0.29) is 5.69 Å². The third-order valence-corrected chi connectivity index (χ3v) is 3.88. The second-order valence-corrected chi connectivity index (χ2v) is 5.03.